The summed E-state index contributed by atoms with van der Waals surface area (Å²) in [6.45, 7) is 0.776. The minimum atomic E-state index is -0.269. The third-order valence-corrected chi connectivity index (χ3v) is 4.52. The van der Waals surface area contributed by atoms with Gasteiger partial charge < -0.3 is 14.4 Å². The van der Waals surface area contributed by atoms with Crippen LogP contribution in [0.3, 0.4) is 0 Å². The lowest BCUT2D eigenvalue weighted by molar-refractivity contribution is -0.115. The number of ether oxygens (including phenoxy) is 2. The minimum Gasteiger partial charge on any atom is -0.493 e. The van der Waals surface area contributed by atoms with Crippen molar-refractivity contribution in [3.8, 4) is 11.5 Å². The summed E-state index contributed by atoms with van der Waals surface area (Å²) >= 11 is 5.39. The maximum absolute atomic E-state index is 12.2. The molecular weight excluding hydrogens is 348 g/mol. The van der Waals surface area contributed by atoms with Crippen LogP contribution >= 0.6 is 12.2 Å². The maximum Gasteiger partial charge on any atom is 0.250 e. The summed E-state index contributed by atoms with van der Waals surface area (Å²) in [5.74, 6) is 0.983. The zero-order valence-corrected chi connectivity index (χ0v) is 15.5. The lowest BCUT2D eigenvalue weighted by atomic mass is 10.2. The Kier molecular flexibility index (Phi) is 5.53. The fourth-order valence-corrected chi connectivity index (χ4v) is 3.18. The first-order chi connectivity index (χ1) is 12.6. The van der Waals surface area contributed by atoms with Gasteiger partial charge in [-0.05, 0) is 54.0 Å². The van der Waals surface area contributed by atoms with Gasteiger partial charge in [-0.3, -0.25) is 10.1 Å². The second-order valence-electron chi connectivity index (χ2n) is 5.77. The lowest BCUT2D eigenvalue weighted by Crippen LogP contribution is -2.41. The number of para-hydroxylation sites is 1. The molecule has 26 heavy (non-hydrogen) atoms. The molecule has 0 radical (unpaired) electrons. The first-order valence-corrected chi connectivity index (χ1v) is 8.63. The number of anilines is 1. The molecule has 1 heterocycles. The molecule has 3 rings (SSSR count). The van der Waals surface area contributed by atoms with Crippen molar-refractivity contribution in [3.05, 3.63) is 59.7 Å². The molecule has 0 saturated carbocycles. The van der Waals surface area contributed by atoms with E-state index in [-0.39, 0.29) is 5.91 Å². The lowest BCUT2D eigenvalue weighted by Gasteiger charge is -2.19. The highest BCUT2D eigenvalue weighted by Gasteiger charge is 2.22. The summed E-state index contributed by atoms with van der Waals surface area (Å²) in [5.41, 5.74) is 3.13. The predicted octanol–water partition coefficient (Wildman–Crippen LogP) is 3.18. The van der Waals surface area contributed by atoms with Gasteiger partial charge in [0.25, 0.3) is 0 Å². The average Bonchev–Trinajstić information content (AvgIpc) is 3.10. The first-order valence-electron chi connectivity index (χ1n) is 8.23. The molecule has 0 aliphatic carbocycles. The number of nitrogens with one attached hydrogen (secondary N) is 1. The van der Waals surface area contributed by atoms with Crippen molar-refractivity contribution in [2.75, 3.05) is 25.7 Å². The number of methoxy groups -OCH3 is 2. The van der Waals surface area contributed by atoms with E-state index in [9.17, 15) is 4.79 Å². The van der Waals surface area contributed by atoms with Crippen molar-refractivity contribution in [2.45, 2.75) is 6.42 Å². The molecule has 0 saturated heterocycles. The number of thiocarbonyl (C=S) groups is 1. The van der Waals surface area contributed by atoms with E-state index < -0.39 is 0 Å². The highest BCUT2D eigenvalue weighted by molar-refractivity contribution is 7.80. The summed E-state index contributed by atoms with van der Waals surface area (Å²) in [7, 11) is 3.16. The van der Waals surface area contributed by atoms with Crippen LogP contribution in [0.2, 0.25) is 0 Å². The van der Waals surface area contributed by atoms with Crippen LogP contribution in [0, 0.1) is 0 Å². The van der Waals surface area contributed by atoms with Crippen LogP contribution in [0.15, 0.2) is 48.5 Å². The molecule has 0 aromatic heterocycles. The van der Waals surface area contributed by atoms with Gasteiger partial charge in [0.2, 0.25) is 5.91 Å². The molecule has 2 aromatic rings. The van der Waals surface area contributed by atoms with Crippen LogP contribution in [-0.2, 0) is 11.2 Å². The standard InChI is InChI=1S/C20H20N2O3S/c1-24-17-9-7-14(13-18(17)25-2)8-10-19(23)21-20(26)22-12-11-15-5-3-4-6-16(15)22/h3-10,13H,11-12H2,1-2H3,(H,21,23,26)/b10-8+. The van der Waals surface area contributed by atoms with Gasteiger partial charge in [-0.25, -0.2) is 0 Å². The highest BCUT2D eigenvalue weighted by atomic mass is 32.1. The fraction of sp³-hybridized carbons (Fsp3) is 0.200. The number of carbonyl (C=O) groups is 1. The summed E-state index contributed by atoms with van der Waals surface area (Å²) < 4.78 is 10.5. The number of hydrogen-bond acceptors (Lipinski definition) is 4. The fourth-order valence-electron chi connectivity index (χ4n) is 2.89. The smallest absolute Gasteiger partial charge is 0.250 e. The third kappa shape index (κ3) is 3.86. The van der Waals surface area contributed by atoms with Gasteiger partial charge in [0.15, 0.2) is 16.6 Å². The predicted molar refractivity (Wildman–Crippen MR) is 107 cm³/mol. The van der Waals surface area contributed by atoms with E-state index in [1.165, 1.54) is 11.6 Å². The second kappa shape index (κ2) is 8.01. The monoisotopic (exact) mass is 368 g/mol. The van der Waals surface area contributed by atoms with Crippen LogP contribution in [0.1, 0.15) is 11.1 Å². The van der Waals surface area contributed by atoms with Crippen LogP contribution in [0.25, 0.3) is 6.08 Å². The van der Waals surface area contributed by atoms with Crippen molar-refractivity contribution in [2.24, 2.45) is 0 Å². The Morgan fingerprint density at radius 1 is 1.15 bits per heavy atom. The Morgan fingerprint density at radius 2 is 1.92 bits per heavy atom. The number of nitrogens with zero attached hydrogens (tertiary/aromatic N) is 1. The van der Waals surface area contributed by atoms with Gasteiger partial charge in [0.1, 0.15) is 0 Å². The molecule has 0 bridgehead atoms. The maximum atomic E-state index is 12.2. The van der Waals surface area contributed by atoms with Crippen LogP contribution in [-0.4, -0.2) is 31.8 Å². The van der Waals surface area contributed by atoms with E-state index in [1.54, 1.807) is 32.4 Å². The Hall–Kier alpha value is -2.86. The zero-order valence-electron chi connectivity index (χ0n) is 14.7. The molecule has 2 aromatic carbocycles. The van der Waals surface area contributed by atoms with Gasteiger partial charge in [-0.15, -0.1) is 0 Å². The Labute approximate surface area is 158 Å². The van der Waals surface area contributed by atoms with E-state index >= 15 is 0 Å². The Bertz CT molecular complexity index is 864. The molecular formula is C20H20N2O3S. The number of rotatable bonds is 4. The molecule has 5 nitrogen and oxygen atoms in total. The number of amides is 1. The zero-order chi connectivity index (χ0) is 18.5. The van der Waals surface area contributed by atoms with Crippen LogP contribution in [0.4, 0.5) is 5.69 Å². The van der Waals surface area contributed by atoms with Gasteiger partial charge in [-0.2, -0.15) is 0 Å². The van der Waals surface area contributed by atoms with Crippen molar-refractivity contribution in [1.82, 2.24) is 5.32 Å². The average molecular weight is 368 g/mol. The van der Waals surface area contributed by atoms with E-state index in [1.807, 2.05) is 29.2 Å². The van der Waals surface area contributed by atoms with Crippen molar-refractivity contribution in [3.63, 3.8) is 0 Å². The molecule has 1 aliphatic heterocycles. The molecule has 1 aliphatic rings. The topological polar surface area (TPSA) is 50.8 Å². The molecule has 0 fully saturated rings. The molecule has 1 amide bonds. The van der Waals surface area contributed by atoms with E-state index in [0.29, 0.717) is 16.6 Å². The van der Waals surface area contributed by atoms with Gasteiger partial charge >= 0.3 is 0 Å². The molecule has 134 valence electrons. The van der Waals surface area contributed by atoms with Crippen LogP contribution < -0.4 is 19.7 Å². The highest BCUT2D eigenvalue weighted by Crippen LogP contribution is 2.28. The molecule has 0 spiro atoms. The SMILES string of the molecule is COc1ccc(/C=C/C(=O)NC(=S)N2CCc3ccccc32)cc1OC. The van der Waals surface area contributed by atoms with E-state index in [4.69, 9.17) is 21.7 Å². The number of fused-ring (bicyclic) bond motifs is 1. The normalized spacial score (nSPS) is 12.8. The first kappa shape index (κ1) is 17.9. The van der Waals surface area contributed by atoms with Crippen molar-refractivity contribution < 1.29 is 14.3 Å². The number of benzene rings is 2. The van der Waals surface area contributed by atoms with E-state index in [0.717, 1.165) is 24.2 Å². The summed E-state index contributed by atoms with van der Waals surface area (Å²) in [6, 6.07) is 13.5. The quantitative estimate of drug-likeness (QED) is 0.664. The minimum absolute atomic E-state index is 0.269. The van der Waals surface area contributed by atoms with Gasteiger partial charge in [0, 0.05) is 18.3 Å². The van der Waals surface area contributed by atoms with Crippen LogP contribution in [0.5, 0.6) is 11.5 Å². The molecule has 0 atom stereocenters. The van der Waals surface area contributed by atoms with E-state index in [2.05, 4.69) is 11.4 Å². The van der Waals surface area contributed by atoms with Gasteiger partial charge in [0.05, 0.1) is 14.2 Å². The molecule has 0 unspecified atom stereocenters. The summed E-state index contributed by atoms with van der Waals surface area (Å²) in [5, 5.41) is 3.17. The molecule has 6 heteroatoms. The second-order valence-corrected chi connectivity index (χ2v) is 6.16. The number of hydrogen-bond donors (Lipinski definition) is 1. The van der Waals surface area contributed by atoms with Crippen molar-refractivity contribution >= 4 is 35.0 Å². The largest absolute Gasteiger partial charge is 0.493 e. The summed E-state index contributed by atoms with van der Waals surface area (Å²) in [4.78, 5) is 14.2. The van der Waals surface area contributed by atoms with Crippen molar-refractivity contribution in [1.29, 1.82) is 0 Å². The third-order valence-electron chi connectivity index (χ3n) is 4.20. The van der Waals surface area contributed by atoms with Gasteiger partial charge in [-0.1, -0.05) is 24.3 Å². The number of carbonyl (C=O) groups excluding carboxylic acids is 1. The summed E-state index contributed by atoms with van der Waals surface area (Å²) in [6.07, 6.45) is 4.08. The Balaban J connectivity index is 1.64. The Morgan fingerprint density at radius 3 is 2.69 bits per heavy atom. The molecule has 1 N–H and O–H groups in total.